The van der Waals surface area contributed by atoms with Gasteiger partial charge in [-0.3, -0.25) is 0 Å². The van der Waals surface area contributed by atoms with Gasteiger partial charge in [0.25, 0.3) is 0 Å². The van der Waals surface area contributed by atoms with E-state index in [1.54, 1.807) is 0 Å². The monoisotopic (exact) mass is 176 g/mol. The fraction of sp³-hybridized carbons (Fsp3) is 0.455. The van der Waals surface area contributed by atoms with Gasteiger partial charge < -0.3 is 9.47 Å². The summed E-state index contributed by atoms with van der Waals surface area (Å²) in [6.07, 6.45) is 2.27. The average Bonchev–Trinajstić information content (AvgIpc) is 2.61. The lowest BCUT2D eigenvalue weighted by Gasteiger charge is -2.27. The molecular formula is C11H12O2. The Labute approximate surface area is 77.5 Å². The minimum Gasteiger partial charge on any atom is -0.464 e. The van der Waals surface area contributed by atoms with Gasteiger partial charge >= 0.3 is 0 Å². The lowest BCUT2D eigenvalue weighted by Crippen LogP contribution is -2.29. The molecule has 1 aromatic carbocycles. The van der Waals surface area contributed by atoms with Crippen molar-refractivity contribution in [1.29, 1.82) is 0 Å². The summed E-state index contributed by atoms with van der Waals surface area (Å²) in [7, 11) is 0. The summed E-state index contributed by atoms with van der Waals surface area (Å²) in [4.78, 5) is 0. The Hall–Kier alpha value is -1.02. The van der Waals surface area contributed by atoms with E-state index in [9.17, 15) is 0 Å². The highest BCUT2D eigenvalue weighted by Crippen LogP contribution is 2.35. The van der Waals surface area contributed by atoms with Gasteiger partial charge in [-0.25, -0.2) is 0 Å². The smallest absolute Gasteiger partial charge is 0.203 e. The van der Waals surface area contributed by atoms with Gasteiger partial charge in [0.15, 0.2) is 0 Å². The maximum Gasteiger partial charge on any atom is 0.203 e. The third-order valence-corrected chi connectivity index (χ3v) is 2.85. The van der Waals surface area contributed by atoms with Crippen LogP contribution in [0.15, 0.2) is 24.3 Å². The Balaban J connectivity index is 1.97. The first-order valence-electron chi connectivity index (χ1n) is 4.79. The third kappa shape index (κ3) is 1.13. The Kier molecular flexibility index (Phi) is 1.56. The number of para-hydroxylation sites is 1. The Morgan fingerprint density at radius 1 is 1.23 bits per heavy atom. The summed E-state index contributed by atoms with van der Waals surface area (Å²) in [5.74, 6) is 1.58. The van der Waals surface area contributed by atoms with E-state index in [-0.39, 0.29) is 6.29 Å². The lowest BCUT2D eigenvalue weighted by molar-refractivity contribution is -0.0698. The van der Waals surface area contributed by atoms with E-state index in [1.165, 1.54) is 5.56 Å². The summed E-state index contributed by atoms with van der Waals surface area (Å²) in [6.45, 7) is 0.851. The molecule has 0 spiro atoms. The van der Waals surface area contributed by atoms with Crippen LogP contribution in [-0.4, -0.2) is 12.9 Å². The highest BCUT2D eigenvalue weighted by Gasteiger charge is 2.34. The first-order chi connectivity index (χ1) is 6.43. The van der Waals surface area contributed by atoms with Crippen LogP contribution in [0.2, 0.25) is 0 Å². The minimum atomic E-state index is 0.0231. The van der Waals surface area contributed by atoms with Crippen molar-refractivity contribution in [1.82, 2.24) is 0 Å². The van der Waals surface area contributed by atoms with Gasteiger partial charge in [0.2, 0.25) is 6.29 Å². The molecule has 13 heavy (non-hydrogen) atoms. The van der Waals surface area contributed by atoms with Gasteiger partial charge in [-0.05, 0) is 24.5 Å². The summed E-state index contributed by atoms with van der Waals surface area (Å²) in [5, 5.41) is 0. The van der Waals surface area contributed by atoms with Crippen LogP contribution in [0.5, 0.6) is 5.75 Å². The van der Waals surface area contributed by atoms with Crippen molar-refractivity contribution in [2.75, 3.05) is 6.61 Å². The largest absolute Gasteiger partial charge is 0.464 e. The number of benzene rings is 1. The second-order valence-electron chi connectivity index (χ2n) is 3.72. The van der Waals surface area contributed by atoms with Crippen molar-refractivity contribution < 1.29 is 9.47 Å². The van der Waals surface area contributed by atoms with Crippen molar-refractivity contribution in [2.24, 2.45) is 5.92 Å². The van der Waals surface area contributed by atoms with Gasteiger partial charge in [-0.1, -0.05) is 18.2 Å². The van der Waals surface area contributed by atoms with Crippen molar-refractivity contribution >= 4 is 0 Å². The molecule has 0 aromatic heterocycles. The number of hydrogen-bond acceptors (Lipinski definition) is 2. The highest BCUT2D eigenvalue weighted by atomic mass is 16.7. The highest BCUT2D eigenvalue weighted by molar-refractivity contribution is 5.35. The van der Waals surface area contributed by atoms with Crippen molar-refractivity contribution in [3.63, 3.8) is 0 Å². The van der Waals surface area contributed by atoms with Crippen LogP contribution in [0.25, 0.3) is 0 Å². The topological polar surface area (TPSA) is 18.5 Å². The molecule has 0 saturated carbocycles. The molecule has 2 atom stereocenters. The van der Waals surface area contributed by atoms with Gasteiger partial charge in [-0.15, -0.1) is 0 Å². The van der Waals surface area contributed by atoms with Crippen LogP contribution in [0.4, 0.5) is 0 Å². The summed E-state index contributed by atoms with van der Waals surface area (Å²) in [6, 6.07) is 8.24. The standard InChI is InChI=1S/C11H12O2/c1-2-4-10-8(3-1)7-9-5-6-12-11(9)13-10/h1-4,9,11H,5-7H2/t9-,11+/m0/s1. The van der Waals surface area contributed by atoms with Crippen molar-refractivity contribution in [3.8, 4) is 5.75 Å². The molecule has 2 aliphatic rings. The zero-order valence-electron chi connectivity index (χ0n) is 7.40. The quantitative estimate of drug-likeness (QED) is 0.601. The predicted octanol–water partition coefficient (Wildman–Crippen LogP) is 1.98. The van der Waals surface area contributed by atoms with Crippen LogP contribution >= 0.6 is 0 Å². The van der Waals surface area contributed by atoms with E-state index in [0.29, 0.717) is 5.92 Å². The molecule has 0 radical (unpaired) electrons. The van der Waals surface area contributed by atoms with Gasteiger partial charge in [-0.2, -0.15) is 0 Å². The van der Waals surface area contributed by atoms with Crippen molar-refractivity contribution in [3.05, 3.63) is 29.8 Å². The Morgan fingerprint density at radius 3 is 3.15 bits per heavy atom. The van der Waals surface area contributed by atoms with E-state index < -0.39 is 0 Å². The van der Waals surface area contributed by atoms with Crippen LogP contribution < -0.4 is 4.74 Å². The summed E-state index contributed by atoms with van der Waals surface area (Å²) in [5.41, 5.74) is 1.33. The van der Waals surface area contributed by atoms with Crippen molar-refractivity contribution in [2.45, 2.75) is 19.1 Å². The molecule has 2 heterocycles. The Bertz CT molecular complexity index is 291. The number of hydrogen-bond donors (Lipinski definition) is 0. The molecule has 0 aliphatic carbocycles. The maximum atomic E-state index is 5.73. The number of rotatable bonds is 0. The zero-order valence-corrected chi connectivity index (χ0v) is 7.40. The van der Waals surface area contributed by atoms with E-state index in [2.05, 4.69) is 12.1 Å². The first kappa shape index (κ1) is 7.39. The second-order valence-corrected chi connectivity index (χ2v) is 3.72. The minimum absolute atomic E-state index is 0.0231. The molecule has 0 N–H and O–H groups in total. The molecule has 68 valence electrons. The van der Waals surface area contributed by atoms with E-state index >= 15 is 0 Å². The van der Waals surface area contributed by atoms with Crippen LogP contribution in [0.1, 0.15) is 12.0 Å². The first-order valence-corrected chi connectivity index (χ1v) is 4.79. The second kappa shape index (κ2) is 2.74. The molecule has 0 unspecified atom stereocenters. The number of ether oxygens (including phenoxy) is 2. The molecular weight excluding hydrogens is 164 g/mol. The van der Waals surface area contributed by atoms with Gasteiger partial charge in [0, 0.05) is 5.92 Å². The average molecular weight is 176 g/mol. The van der Waals surface area contributed by atoms with Gasteiger partial charge in [0.1, 0.15) is 5.75 Å². The SMILES string of the molecule is c1ccc2c(c1)C[C@@H]1CCO[C@@H]1O2. The van der Waals surface area contributed by atoms with Crippen LogP contribution in [-0.2, 0) is 11.2 Å². The predicted molar refractivity (Wildman–Crippen MR) is 48.6 cm³/mol. The molecule has 1 aromatic rings. The lowest BCUT2D eigenvalue weighted by atomic mass is 9.94. The summed E-state index contributed by atoms with van der Waals surface area (Å²) < 4.78 is 11.2. The van der Waals surface area contributed by atoms with E-state index in [0.717, 1.165) is 25.2 Å². The molecule has 2 heteroatoms. The van der Waals surface area contributed by atoms with E-state index in [4.69, 9.17) is 9.47 Å². The zero-order chi connectivity index (χ0) is 8.67. The van der Waals surface area contributed by atoms with Crippen LogP contribution in [0, 0.1) is 5.92 Å². The normalized spacial score (nSPS) is 30.5. The Morgan fingerprint density at radius 2 is 2.15 bits per heavy atom. The molecule has 2 aliphatic heterocycles. The molecule has 2 nitrogen and oxygen atoms in total. The molecule has 0 bridgehead atoms. The molecule has 0 amide bonds. The van der Waals surface area contributed by atoms with Crippen LogP contribution in [0.3, 0.4) is 0 Å². The molecule has 3 rings (SSSR count). The molecule has 1 fully saturated rings. The fourth-order valence-corrected chi connectivity index (χ4v) is 2.13. The third-order valence-electron chi connectivity index (χ3n) is 2.85. The van der Waals surface area contributed by atoms with E-state index in [1.807, 2.05) is 12.1 Å². The molecule has 1 saturated heterocycles. The number of fused-ring (bicyclic) bond motifs is 2. The maximum absolute atomic E-state index is 5.73. The summed E-state index contributed by atoms with van der Waals surface area (Å²) >= 11 is 0. The fourth-order valence-electron chi connectivity index (χ4n) is 2.13. The van der Waals surface area contributed by atoms with Gasteiger partial charge in [0.05, 0.1) is 6.61 Å².